The van der Waals surface area contributed by atoms with Crippen LogP contribution in [0.5, 0.6) is 0 Å². The highest BCUT2D eigenvalue weighted by atomic mass is 16.4. The molecule has 2 fully saturated rings. The highest BCUT2D eigenvalue weighted by Crippen LogP contribution is 2.29. The van der Waals surface area contributed by atoms with E-state index in [2.05, 4.69) is 10.2 Å². The van der Waals surface area contributed by atoms with E-state index in [9.17, 15) is 14.7 Å². The molecule has 0 aliphatic carbocycles. The van der Waals surface area contributed by atoms with Gasteiger partial charge < -0.3 is 20.2 Å². The van der Waals surface area contributed by atoms with Gasteiger partial charge in [-0.2, -0.15) is 0 Å². The van der Waals surface area contributed by atoms with Crippen molar-refractivity contribution in [1.29, 1.82) is 0 Å². The highest BCUT2D eigenvalue weighted by Gasteiger charge is 2.32. The number of aliphatic carboxylic acids is 1. The number of nitrogens with one attached hydrogen (secondary N) is 1. The second kappa shape index (κ2) is 7.11. The van der Waals surface area contributed by atoms with Crippen LogP contribution in [0.25, 0.3) is 0 Å². The van der Waals surface area contributed by atoms with Crippen molar-refractivity contribution < 1.29 is 14.7 Å². The van der Waals surface area contributed by atoms with Gasteiger partial charge >= 0.3 is 12.0 Å². The molecule has 2 N–H and O–H groups in total. The van der Waals surface area contributed by atoms with Crippen LogP contribution >= 0.6 is 0 Å². The van der Waals surface area contributed by atoms with Crippen molar-refractivity contribution in [3.05, 3.63) is 24.3 Å². The molecule has 0 bridgehead atoms. The highest BCUT2D eigenvalue weighted by molar-refractivity contribution is 5.93. The van der Waals surface area contributed by atoms with Crippen LogP contribution in [0.1, 0.15) is 26.2 Å². The summed E-state index contributed by atoms with van der Waals surface area (Å²) < 4.78 is 0. The molecule has 6 nitrogen and oxygen atoms in total. The van der Waals surface area contributed by atoms with E-state index in [1.54, 1.807) is 4.90 Å². The Morgan fingerprint density at radius 2 is 1.88 bits per heavy atom. The maximum absolute atomic E-state index is 12.7. The SMILES string of the molecule is CC1CC(C(=O)O)CN(C(=O)Nc2ccccc2N2CCCC2)C1. The van der Waals surface area contributed by atoms with E-state index in [1.807, 2.05) is 31.2 Å². The van der Waals surface area contributed by atoms with Gasteiger partial charge in [-0.05, 0) is 37.3 Å². The third-order valence-corrected chi connectivity index (χ3v) is 4.89. The van der Waals surface area contributed by atoms with Gasteiger partial charge in [-0.3, -0.25) is 4.79 Å². The Kier molecular flexibility index (Phi) is 4.92. The molecule has 0 spiro atoms. The summed E-state index contributed by atoms with van der Waals surface area (Å²) in [5.74, 6) is -1.11. The van der Waals surface area contributed by atoms with Gasteiger partial charge in [0.25, 0.3) is 0 Å². The average molecular weight is 331 g/mol. The first-order valence-electron chi connectivity index (χ1n) is 8.67. The molecular formula is C18H25N3O3. The Morgan fingerprint density at radius 3 is 2.58 bits per heavy atom. The first kappa shape index (κ1) is 16.6. The smallest absolute Gasteiger partial charge is 0.321 e. The second-order valence-corrected chi connectivity index (χ2v) is 6.92. The number of rotatable bonds is 3. The maximum Gasteiger partial charge on any atom is 0.321 e. The van der Waals surface area contributed by atoms with E-state index in [0.29, 0.717) is 13.0 Å². The lowest BCUT2D eigenvalue weighted by molar-refractivity contribution is -0.143. The molecule has 2 saturated heterocycles. The zero-order valence-corrected chi connectivity index (χ0v) is 14.1. The minimum atomic E-state index is -0.822. The Balaban J connectivity index is 1.71. The lowest BCUT2D eigenvalue weighted by Crippen LogP contribution is -2.47. The zero-order chi connectivity index (χ0) is 17.1. The van der Waals surface area contributed by atoms with Gasteiger partial charge in [0.1, 0.15) is 0 Å². The quantitative estimate of drug-likeness (QED) is 0.893. The van der Waals surface area contributed by atoms with E-state index in [0.717, 1.165) is 24.5 Å². The van der Waals surface area contributed by atoms with Crippen molar-refractivity contribution in [3.8, 4) is 0 Å². The maximum atomic E-state index is 12.7. The van der Waals surface area contributed by atoms with E-state index in [-0.39, 0.29) is 18.5 Å². The van der Waals surface area contributed by atoms with Gasteiger partial charge in [-0.15, -0.1) is 0 Å². The number of carbonyl (C=O) groups excluding carboxylic acids is 1. The van der Waals surface area contributed by atoms with Crippen LogP contribution < -0.4 is 10.2 Å². The molecule has 3 rings (SSSR count). The lowest BCUT2D eigenvalue weighted by Gasteiger charge is -2.35. The van der Waals surface area contributed by atoms with E-state index < -0.39 is 11.9 Å². The molecular weight excluding hydrogens is 306 g/mol. The van der Waals surface area contributed by atoms with Crippen LogP contribution in [0, 0.1) is 11.8 Å². The summed E-state index contributed by atoms with van der Waals surface area (Å²) in [5.41, 5.74) is 1.85. The standard InChI is InChI=1S/C18H25N3O3/c1-13-10-14(17(22)23)12-21(11-13)18(24)19-15-6-2-3-7-16(15)20-8-4-5-9-20/h2-3,6-7,13-14H,4-5,8-12H2,1H3,(H,19,24)(H,22,23). The molecule has 2 atom stereocenters. The third kappa shape index (κ3) is 3.63. The number of urea groups is 1. The van der Waals surface area contributed by atoms with Gasteiger partial charge in [0, 0.05) is 26.2 Å². The van der Waals surface area contributed by atoms with Crippen LogP contribution in [0.3, 0.4) is 0 Å². The van der Waals surface area contributed by atoms with Crippen molar-refractivity contribution in [2.75, 3.05) is 36.4 Å². The largest absolute Gasteiger partial charge is 0.481 e. The van der Waals surface area contributed by atoms with Crippen molar-refractivity contribution in [3.63, 3.8) is 0 Å². The minimum absolute atomic E-state index is 0.194. The molecule has 1 aromatic carbocycles. The van der Waals surface area contributed by atoms with Gasteiger partial charge in [0.05, 0.1) is 17.3 Å². The fourth-order valence-electron chi connectivity index (χ4n) is 3.70. The Hall–Kier alpha value is -2.24. The van der Waals surface area contributed by atoms with E-state index in [1.165, 1.54) is 12.8 Å². The monoisotopic (exact) mass is 331 g/mol. The molecule has 0 saturated carbocycles. The van der Waals surface area contributed by atoms with Gasteiger partial charge in [0.2, 0.25) is 0 Å². The summed E-state index contributed by atoms with van der Waals surface area (Å²) in [6.45, 7) is 4.88. The Labute approximate surface area is 142 Å². The fraction of sp³-hybridized carbons (Fsp3) is 0.556. The lowest BCUT2D eigenvalue weighted by atomic mass is 9.91. The predicted molar refractivity (Wildman–Crippen MR) is 93.4 cm³/mol. The van der Waals surface area contributed by atoms with Crippen molar-refractivity contribution in [1.82, 2.24) is 4.90 Å². The van der Waals surface area contributed by atoms with Crippen LogP contribution in [0.4, 0.5) is 16.2 Å². The third-order valence-electron chi connectivity index (χ3n) is 4.89. The molecule has 2 amide bonds. The summed E-state index contributed by atoms with van der Waals surface area (Å²) in [6.07, 6.45) is 2.97. The van der Waals surface area contributed by atoms with Crippen LogP contribution in [-0.2, 0) is 4.79 Å². The van der Waals surface area contributed by atoms with Crippen LogP contribution in [0.15, 0.2) is 24.3 Å². The number of carbonyl (C=O) groups is 2. The molecule has 2 aliphatic rings. The summed E-state index contributed by atoms with van der Waals surface area (Å²) in [5, 5.41) is 12.3. The number of para-hydroxylation sites is 2. The summed E-state index contributed by atoms with van der Waals surface area (Å²) >= 11 is 0. The molecule has 6 heteroatoms. The van der Waals surface area contributed by atoms with Crippen LogP contribution in [0.2, 0.25) is 0 Å². The summed E-state index contributed by atoms with van der Waals surface area (Å²) in [6, 6.07) is 7.62. The van der Waals surface area contributed by atoms with Crippen molar-refractivity contribution in [2.24, 2.45) is 11.8 Å². The normalized spacial score (nSPS) is 24.0. The first-order valence-corrected chi connectivity index (χ1v) is 8.67. The van der Waals surface area contributed by atoms with Gasteiger partial charge in [-0.25, -0.2) is 4.79 Å². The number of hydrogen-bond donors (Lipinski definition) is 2. The molecule has 2 heterocycles. The fourth-order valence-corrected chi connectivity index (χ4v) is 3.70. The molecule has 1 aromatic rings. The zero-order valence-electron chi connectivity index (χ0n) is 14.1. The summed E-state index contributed by atoms with van der Waals surface area (Å²) in [7, 11) is 0. The number of hydrogen-bond acceptors (Lipinski definition) is 3. The number of amides is 2. The van der Waals surface area contributed by atoms with Crippen LogP contribution in [-0.4, -0.2) is 48.2 Å². The number of piperidine rings is 1. The number of nitrogens with zero attached hydrogens (tertiary/aromatic N) is 2. The number of anilines is 2. The second-order valence-electron chi connectivity index (χ2n) is 6.92. The van der Waals surface area contributed by atoms with E-state index >= 15 is 0 Å². The molecule has 0 radical (unpaired) electrons. The number of likely N-dealkylation sites (tertiary alicyclic amines) is 1. The first-order chi connectivity index (χ1) is 11.5. The predicted octanol–water partition coefficient (Wildman–Crippen LogP) is 2.86. The summed E-state index contributed by atoms with van der Waals surface area (Å²) in [4.78, 5) is 27.9. The minimum Gasteiger partial charge on any atom is -0.481 e. The van der Waals surface area contributed by atoms with Gasteiger partial charge in [-0.1, -0.05) is 19.1 Å². The Bertz CT molecular complexity index is 613. The van der Waals surface area contributed by atoms with Crippen molar-refractivity contribution in [2.45, 2.75) is 26.2 Å². The number of benzene rings is 1. The molecule has 2 unspecified atom stereocenters. The van der Waals surface area contributed by atoms with E-state index in [4.69, 9.17) is 0 Å². The topological polar surface area (TPSA) is 72.9 Å². The van der Waals surface area contributed by atoms with Crippen molar-refractivity contribution >= 4 is 23.4 Å². The molecule has 24 heavy (non-hydrogen) atoms. The number of carboxylic acid groups (broad SMARTS) is 1. The molecule has 2 aliphatic heterocycles. The average Bonchev–Trinajstić information content (AvgIpc) is 3.09. The van der Waals surface area contributed by atoms with Gasteiger partial charge in [0.15, 0.2) is 0 Å². The molecule has 0 aromatic heterocycles. The number of carboxylic acids is 1. The molecule has 130 valence electrons. The Morgan fingerprint density at radius 1 is 1.17 bits per heavy atom.